The second-order valence-electron chi connectivity index (χ2n) is 4.84. The molecule has 8 nitrogen and oxygen atoms in total. The fourth-order valence-electron chi connectivity index (χ4n) is 1.86. The van der Waals surface area contributed by atoms with E-state index >= 15 is 0 Å². The number of hydrogen-bond donors (Lipinski definition) is 1. The zero-order valence-corrected chi connectivity index (χ0v) is 14.2. The van der Waals surface area contributed by atoms with Crippen molar-refractivity contribution < 1.29 is 9.32 Å². The number of rotatable bonds is 6. The summed E-state index contributed by atoms with van der Waals surface area (Å²) in [6.07, 6.45) is 0. The average molecular weight is 365 g/mol. The molecular weight excluding hydrogens is 352 g/mol. The molecule has 0 saturated carbocycles. The topological polar surface area (TPSA) is 98.7 Å². The number of benzene rings is 1. The van der Waals surface area contributed by atoms with Crippen LogP contribution in [-0.4, -0.2) is 37.0 Å². The Hall–Kier alpha value is -2.39. The van der Waals surface area contributed by atoms with Crippen molar-refractivity contribution in [1.82, 2.24) is 30.7 Å². The van der Waals surface area contributed by atoms with E-state index in [0.717, 1.165) is 5.56 Å². The molecule has 2 heterocycles. The van der Waals surface area contributed by atoms with Gasteiger partial charge in [-0.3, -0.25) is 4.79 Å². The Bertz CT molecular complexity index is 832. The summed E-state index contributed by atoms with van der Waals surface area (Å²) < 4.78 is 6.79. The van der Waals surface area contributed by atoms with Crippen molar-refractivity contribution in [2.24, 2.45) is 7.05 Å². The highest BCUT2D eigenvalue weighted by molar-refractivity contribution is 7.99. The summed E-state index contributed by atoms with van der Waals surface area (Å²) in [5, 5.41) is 19.0. The summed E-state index contributed by atoms with van der Waals surface area (Å²) in [7, 11) is 1.72. The van der Waals surface area contributed by atoms with Crippen LogP contribution in [0, 0.1) is 0 Å². The fraction of sp³-hybridized carbons (Fsp3) is 0.214. The van der Waals surface area contributed by atoms with Gasteiger partial charge in [-0.05, 0) is 34.7 Å². The van der Waals surface area contributed by atoms with Gasteiger partial charge >= 0.3 is 0 Å². The monoisotopic (exact) mass is 364 g/mol. The van der Waals surface area contributed by atoms with E-state index in [1.807, 2.05) is 12.1 Å². The van der Waals surface area contributed by atoms with Crippen LogP contribution in [0.5, 0.6) is 0 Å². The average Bonchev–Trinajstić information content (AvgIpc) is 3.21. The quantitative estimate of drug-likeness (QED) is 0.667. The lowest BCUT2D eigenvalue weighted by Gasteiger charge is -2.01. The van der Waals surface area contributed by atoms with Crippen LogP contribution in [0.3, 0.4) is 0 Å². The van der Waals surface area contributed by atoms with Crippen molar-refractivity contribution in [3.63, 3.8) is 0 Å². The van der Waals surface area contributed by atoms with E-state index in [4.69, 9.17) is 16.1 Å². The molecule has 3 aromatic rings. The highest BCUT2D eigenvalue weighted by Gasteiger charge is 2.10. The summed E-state index contributed by atoms with van der Waals surface area (Å²) in [5.74, 6) is 0.699. The Morgan fingerprint density at radius 2 is 2.17 bits per heavy atom. The normalized spacial score (nSPS) is 10.8. The minimum Gasteiger partial charge on any atom is -0.356 e. The van der Waals surface area contributed by atoms with Crippen LogP contribution in [0.25, 0.3) is 11.3 Å². The molecule has 0 radical (unpaired) electrons. The predicted molar refractivity (Wildman–Crippen MR) is 88.3 cm³/mol. The molecule has 0 saturated heterocycles. The summed E-state index contributed by atoms with van der Waals surface area (Å²) in [6.45, 7) is 0.285. The molecule has 24 heavy (non-hydrogen) atoms. The molecule has 10 heteroatoms. The third-order valence-electron chi connectivity index (χ3n) is 3.07. The molecular formula is C14H13ClN6O2S. The number of halogens is 1. The zero-order valence-electron chi connectivity index (χ0n) is 12.6. The number of aromatic nitrogens is 5. The summed E-state index contributed by atoms with van der Waals surface area (Å²) in [6, 6.07) is 9.02. The summed E-state index contributed by atoms with van der Waals surface area (Å²) in [4.78, 5) is 11.9. The molecule has 0 spiro atoms. The van der Waals surface area contributed by atoms with Crippen molar-refractivity contribution in [2.75, 3.05) is 5.75 Å². The van der Waals surface area contributed by atoms with E-state index in [9.17, 15) is 4.79 Å². The van der Waals surface area contributed by atoms with Gasteiger partial charge in [0.05, 0.1) is 12.3 Å². The third-order valence-corrected chi connectivity index (χ3v) is 4.33. The highest BCUT2D eigenvalue weighted by Crippen LogP contribution is 2.22. The van der Waals surface area contributed by atoms with Gasteiger partial charge in [0.1, 0.15) is 5.69 Å². The summed E-state index contributed by atoms with van der Waals surface area (Å²) >= 11 is 7.11. The maximum atomic E-state index is 11.9. The first-order valence-electron chi connectivity index (χ1n) is 6.95. The minimum absolute atomic E-state index is 0.140. The van der Waals surface area contributed by atoms with Gasteiger partial charge in [-0.1, -0.05) is 28.5 Å². The minimum atomic E-state index is -0.140. The second kappa shape index (κ2) is 7.45. The molecule has 0 atom stereocenters. The molecule has 0 aliphatic rings. The Labute approximate surface area is 146 Å². The first-order valence-corrected chi connectivity index (χ1v) is 8.31. The van der Waals surface area contributed by atoms with E-state index in [0.29, 0.717) is 21.6 Å². The Balaban J connectivity index is 1.51. The van der Waals surface area contributed by atoms with Crippen molar-refractivity contribution >= 4 is 29.3 Å². The van der Waals surface area contributed by atoms with E-state index in [1.54, 1.807) is 25.2 Å². The number of carbonyl (C=O) groups is 1. The van der Waals surface area contributed by atoms with Crippen LogP contribution < -0.4 is 5.32 Å². The number of aryl methyl sites for hydroxylation is 1. The lowest BCUT2D eigenvalue weighted by Crippen LogP contribution is -2.24. The van der Waals surface area contributed by atoms with Gasteiger partial charge in [0, 0.05) is 23.7 Å². The van der Waals surface area contributed by atoms with Crippen LogP contribution >= 0.6 is 23.4 Å². The first kappa shape index (κ1) is 16.5. The Morgan fingerprint density at radius 1 is 1.38 bits per heavy atom. The molecule has 0 bridgehead atoms. The fourth-order valence-corrected chi connectivity index (χ4v) is 2.66. The van der Waals surface area contributed by atoms with E-state index in [-0.39, 0.29) is 18.2 Å². The molecule has 0 fully saturated rings. The van der Waals surface area contributed by atoms with Gasteiger partial charge in [-0.25, -0.2) is 4.68 Å². The van der Waals surface area contributed by atoms with E-state index < -0.39 is 0 Å². The number of nitrogens with zero attached hydrogens (tertiary/aromatic N) is 5. The lowest BCUT2D eigenvalue weighted by molar-refractivity contribution is -0.118. The standard InChI is InChI=1S/C14H13ClN6O2S/c1-21-14(17-19-20-21)24-8-13(22)16-7-11-6-12(23-18-11)9-2-4-10(15)5-3-9/h2-6H,7-8H2,1H3,(H,16,22). The maximum absolute atomic E-state index is 11.9. The van der Waals surface area contributed by atoms with Crippen LogP contribution in [0.15, 0.2) is 40.0 Å². The third kappa shape index (κ3) is 4.12. The maximum Gasteiger partial charge on any atom is 0.230 e. The molecule has 3 rings (SSSR count). The molecule has 0 aliphatic heterocycles. The largest absolute Gasteiger partial charge is 0.356 e. The molecule has 1 aromatic carbocycles. The van der Waals surface area contributed by atoms with Crippen molar-refractivity contribution in [2.45, 2.75) is 11.7 Å². The van der Waals surface area contributed by atoms with Crippen LogP contribution in [0.2, 0.25) is 5.02 Å². The highest BCUT2D eigenvalue weighted by atomic mass is 35.5. The molecule has 124 valence electrons. The number of tetrazole rings is 1. The molecule has 0 unspecified atom stereocenters. The lowest BCUT2D eigenvalue weighted by atomic mass is 10.1. The number of nitrogens with one attached hydrogen (secondary N) is 1. The molecule has 2 aromatic heterocycles. The predicted octanol–water partition coefficient (Wildman–Crippen LogP) is 1.93. The van der Waals surface area contributed by atoms with E-state index in [1.165, 1.54) is 16.4 Å². The van der Waals surface area contributed by atoms with E-state index in [2.05, 4.69) is 26.0 Å². The van der Waals surface area contributed by atoms with Crippen molar-refractivity contribution in [3.8, 4) is 11.3 Å². The van der Waals surface area contributed by atoms with Gasteiger partial charge in [0.15, 0.2) is 5.76 Å². The number of hydrogen-bond acceptors (Lipinski definition) is 7. The summed E-state index contributed by atoms with van der Waals surface area (Å²) in [5.41, 5.74) is 1.51. The zero-order chi connectivity index (χ0) is 16.9. The first-order chi connectivity index (χ1) is 11.6. The van der Waals surface area contributed by atoms with Crippen LogP contribution in [0.4, 0.5) is 0 Å². The van der Waals surface area contributed by atoms with Crippen molar-refractivity contribution in [1.29, 1.82) is 0 Å². The van der Waals surface area contributed by atoms with Crippen molar-refractivity contribution in [3.05, 3.63) is 41.0 Å². The smallest absolute Gasteiger partial charge is 0.230 e. The molecule has 0 aliphatic carbocycles. The van der Waals surface area contributed by atoms with Crippen LogP contribution in [-0.2, 0) is 18.4 Å². The number of carbonyl (C=O) groups excluding carboxylic acids is 1. The van der Waals surface area contributed by atoms with Gasteiger partial charge in [-0.2, -0.15) is 0 Å². The Morgan fingerprint density at radius 3 is 2.88 bits per heavy atom. The molecule has 1 amide bonds. The van der Waals surface area contributed by atoms with Crippen LogP contribution in [0.1, 0.15) is 5.69 Å². The number of thioether (sulfide) groups is 1. The van der Waals surface area contributed by atoms with Gasteiger partial charge < -0.3 is 9.84 Å². The SMILES string of the molecule is Cn1nnnc1SCC(=O)NCc1cc(-c2ccc(Cl)cc2)on1. The molecule has 1 N–H and O–H groups in total. The second-order valence-corrected chi connectivity index (χ2v) is 6.22. The van der Waals surface area contributed by atoms with Gasteiger partial charge in [-0.15, -0.1) is 5.10 Å². The Kier molecular flexibility index (Phi) is 5.11. The van der Waals surface area contributed by atoms with Gasteiger partial charge in [0.25, 0.3) is 0 Å². The van der Waals surface area contributed by atoms with Gasteiger partial charge in [0.2, 0.25) is 11.1 Å². The number of amides is 1.